The molecule has 0 N–H and O–H groups in total. The molecule has 0 saturated carbocycles. The van der Waals surface area contributed by atoms with E-state index in [9.17, 15) is 4.79 Å². The predicted molar refractivity (Wildman–Crippen MR) is 165 cm³/mol. The Morgan fingerprint density at radius 3 is 2.59 bits per heavy atom. The van der Waals surface area contributed by atoms with Crippen molar-refractivity contribution in [1.82, 2.24) is 9.66 Å². The molecule has 0 fully saturated rings. The topological polar surface area (TPSA) is 69.6 Å². The second kappa shape index (κ2) is 10.9. The van der Waals surface area contributed by atoms with Crippen molar-refractivity contribution < 1.29 is 9.15 Å². The molecule has 0 atom stereocenters. The van der Waals surface area contributed by atoms with Gasteiger partial charge in [0.15, 0.2) is 5.76 Å². The number of halogens is 3. The number of nitrogens with zero attached hydrogens (tertiary/aromatic N) is 3. The first kappa shape index (κ1) is 25.7. The van der Waals surface area contributed by atoms with Crippen LogP contribution in [0.25, 0.3) is 33.5 Å². The summed E-state index contributed by atoms with van der Waals surface area (Å²) >= 11 is 10.5. The zero-order valence-electron chi connectivity index (χ0n) is 20.1. The molecular formula is C30H18Br3N3O3. The molecule has 0 spiro atoms. The number of fused-ring (bicyclic) bond motifs is 2. The maximum absolute atomic E-state index is 13.5. The molecule has 6 rings (SSSR count). The highest BCUT2D eigenvalue weighted by molar-refractivity contribution is 9.11. The van der Waals surface area contributed by atoms with Crippen LogP contribution in [-0.2, 0) is 6.61 Å². The van der Waals surface area contributed by atoms with Crippen LogP contribution in [0.15, 0.2) is 119 Å². The Morgan fingerprint density at radius 2 is 1.72 bits per heavy atom. The average Bonchev–Trinajstić information content (AvgIpc) is 3.35. The molecule has 9 heteroatoms. The average molecular weight is 708 g/mol. The second-order valence-electron chi connectivity index (χ2n) is 8.70. The van der Waals surface area contributed by atoms with E-state index >= 15 is 0 Å². The number of furan rings is 1. The number of hydrogen-bond acceptors (Lipinski definition) is 5. The number of para-hydroxylation sites is 1. The highest BCUT2D eigenvalue weighted by Crippen LogP contribution is 2.29. The molecule has 0 aliphatic carbocycles. The molecule has 0 saturated heterocycles. The third kappa shape index (κ3) is 5.48. The lowest BCUT2D eigenvalue weighted by Crippen LogP contribution is -2.20. The number of hydrogen-bond donors (Lipinski definition) is 0. The minimum Gasteiger partial charge on any atom is -0.489 e. The number of aromatic nitrogens is 2. The fourth-order valence-electron chi connectivity index (χ4n) is 4.12. The Kier molecular flexibility index (Phi) is 7.20. The molecule has 0 bridgehead atoms. The van der Waals surface area contributed by atoms with Crippen LogP contribution in [0.3, 0.4) is 0 Å². The van der Waals surface area contributed by atoms with Crippen LogP contribution in [0.5, 0.6) is 5.75 Å². The highest BCUT2D eigenvalue weighted by Gasteiger charge is 2.16. The van der Waals surface area contributed by atoms with E-state index in [1.807, 2.05) is 78.9 Å². The zero-order chi connectivity index (χ0) is 26.9. The molecule has 0 unspecified atom stereocenters. The molecule has 4 aromatic carbocycles. The van der Waals surface area contributed by atoms with Crippen LogP contribution in [0, 0.1) is 0 Å². The third-order valence-corrected chi connectivity index (χ3v) is 7.77. The Labute approximate surface area is 248 Å². The summed E-state index contributed by atoms with van der Waals surface area (Å²) in [5.41, 5.74) is 2.75. The van der Waals surface area contributed by atoms with Crippen molar-refractivity contribution in [3.8, 4) is 17.3 Å². The lowest BCUT2D eigenvalue weighted by Gasteiger charge is -2.09. The van der Waals surface area contributed by atoms with Crippen molar-refractivity contribution in [2.75, 3.05) is 0 Å². The lowest BCUT2D eigenvalue weighted by molar-refractivity contribution is 0.305. The van der Waals surface area contributed by atoms with Gasteiger partial charge in [-0.2, -0.15) is 9.78 Å². The van der Waals surface area contributed by atoms with Crippen molar-refractivity contribution in [3.63, 3.8) is 0 Å². The fraction of sp³-hybridized carbons (Fsp3) is 0.0333. The van der Waals surface area contributed by atoms with Gasteiger partial charge in [-0.3, -0.25) is 4.79 Å². The second-order valence-corrected chi connectivity index (χ2v) is 11.4. The molecular weight excluding hydrogens is 690 g/mol. The molecule has 2 heterocycles. The summed E-state index contributed by atoms with van der Waals surface area (Å²) in [6.45, 7) is 0.398. The summed E-state index contributed by atoms with van der Waals surface area (Å²) in [4.78, 5) is 18.3. The normalized spacial score (nSPS) is 11.6. The molecule has 39 heavy (non-hydrogen) atoms. The van der Waals surface area contributed by atoms with E-state index in [1.165, 1.54) is 4.68 Å². The zero-order valence-corrected chi connectivity index (χ0v) is 24.9. The van der Waals surface area contributed by atoms with Gasteiger partial charge >= 0.3 is 0 Å². The van der Waals surface area contributed by atoms with Crippen LogP contribution in [0.1, 0.15) is 11.1 Å². The first-order valence-electron chi connectivity index (χ1n) is 11.9. The maximum atomic E-state index is 13.5. The molecule has 0 amide bonds. The largest absolute Gasteiger partial charge is 0.489 e. The fourth-order valence-corrected chi connectivity index (χ4v) is 5.66. The van der Waals surface area contributed by atoms with Crippen molar-refractivity contribution in [2.24, 2.45) is 5.10 Å². The van der Waals surface area contributed by atoms with Gasteiger partial charge in [0.2, 0.25) is 5.82 Å². The smallest absolute Gasteiger partial charge is 0.282 e. The monoisotopic (exact) mass is 705 g/mol. The minimum absolute atomic E-state index is 0.291. The van der Waals surface area contributed by atoms with E-state index < -0.39 is 0 Å². The molecule has 2 aromatic heterocycles. The molecule has 6 aromatic rings. The van der Waals surface area contributed by atoms with Crippen molar-refractivity contribution in [3.05, 3.63) is 126 Å². The third-order valence-electron chi connectivity index (χ3n) is 6.04. The molecule has 0 aliphatic rings. The molecule has 192 valence electrons. The SMILES string of the molecule is O=c1c2ccccc2nc(-c2cc3cc(Br)ccc3o2)n1N=Cc1cccc(OCc2ccc(Br)cc2Br)c1. The van der Waals surface area contributed by atoms with Gasteiger partial charge in [-0.1, -0.05) is 78.1 Å². The summed E-state index contributed by atoms with van der Waals surface area (Å²) in [6, 6.07) is 28.3. The van der Waals surface area contributed by atoms with Gasteiger partial charge in [-0.15, -0.1) is 0 Å². The van der Waals surface area contributed by atoms with Gasteiger partial charge < -0.3 is 9.15 Å². The van der Waals surface area contributed by atoms with Gasteiger partial charge in [0.1, 0.15) is 17.9 Å². The predicted octanol–water partition coefficient (Wildman–Crippen LogP) is 8.56. The van der Waals surface area contributed by atoms with Crippen LogP contribution in [0.4, 0.5) is 0 Å². The van der Waals surface area contributed by atoms with Gasteiger partial charge in [-0.25, -0.2) is 4.98 Å². The molecule has 0 aliphatic heterocycles. The number of ether oxygens (including phenoxy) is 1. The van der Waals surface area contributed by atoms with Crippen LogP contribution < -0.4 is 10.3 Å². The van der Waals surface area contributed by atoms with Gasteiger partial charge in [0.05, 0.1) is 17.1 Å². The maximum Gasteiger partial charge on any atom is 0.282 e. The van der Waals surface area contributed by atoms with E-state index in [2.05, 4.69) is 52.9 Å². The van der Waals surface area contributed by atoms with Gasteiger partial charge in [-0.05, 0) is 66.2 Å². The van der Waals surface area contributed by atoms with Crippen molar-refractivity contribution in [1.29, 1.82) is 0 Å². The van der Waals surface area contributed by atoms with Crippen molar-refractivity contribution >= 4 is 75.9 Å². The first-order valence-corrected chi connectivity index (χ1v) is 14.2. The van der Waals surface area contributed by atoms with Crippen molar-refractivity contribution in [2.45, 2.75) is 6.61 Å². The van der Waals surface area contributed by atoms with E-state index in [0.717, 1.165) is 29.9 Å². The highest BCUT2D eigenvalue weighted by atomic mass is 79.9. The summed E-state index contributed by atoms with van der Waals surface area (Å²) in [6.07, 6.45) is 1.61. The molecule has 0 radical (unpaired) electrons. The van der Waals surface area contributed by atoms with E-state index in [1.54, 1.807) is 18.3 Å². The lowest BCUT2D eigenvalue weighted by atomic mass is 10.2. The van der Waals surface area contributed by atoms with Crippen LogP contribution >= 0.6 is 47.8 Å². The Hall–Kier alpha value is -3.53. The quantitative estimate of drug-likeness (QED) is 0.163. The van der Waals surface area contributed by atoms with E-state index in [0.29, 0.717) is 40.4 Å². The Morgan fingerprint density at radius 1 is 0.897 bits per heavy atom. The molecule has 6 nitrogen and oxygen atoms in total. The minimum atomic E-state index is -0.291. The summed E-state index contributed by atoms with van der Waals surface area (Å²) in [7, 11) is 0. The van der Waals surface area contributed by atoms with Crippen LogP contribution in [0.2, 0.25) is 0 Å². The van der Waals surface area contributed by atoms with E-state index in [4.69, 9.17) is 14.1 Å². The van der Waals surface area contributed by atoms with Gasteiger partial charge in [0.25, 0.3) is 5.56 Å². The first-order chi connectivity index (χ1) is 18.9. The number of benzene rings is 4. The number of rotatable bonds is 6. The standard InChI is InChI=1S/C30H18Br3N3O3/c31-21-10-11-27-20(13-21)14-28(39-27)29-35-26-7-2-1-6-24(26)30(37)36(29)34-16-18-4-3-5-23(12-18)38-17-19-8-9-22(32)15-25(19)33/h1-16H,17H2. The summed E-state index contributed by atoms with van der Waals surface area (Å²) < 4.78 is 16.2. The van der Waals surface area contributed by atoms with Crippen LogP contribution in [-0.4, -0.2) is 15.9 Å². The summed E-state index contributed by atoms with van der Waals surface area (Å²) in [5.74, 6) is 1.44. The Balaban J connectivity index is 1.36. The van der Waals surface area contributed by atoms with Gasteiger partial charge in [0, 0.05) is 24.4 Å². The van der Waals surface area contributed by atoms with E-state index in [-0.39, 0.29) is 5.56 Å². The Bertz CT molecular complexity index is 1950. The summed E-state index contributed by atoms with van der Waals surface area (Å²) in [5, 5.41) is 5.91.